The predicted octanol–water partition coefficient (Wildman–Crippen LogP) is 3.49. The fourth-order valence-electron chi connectivity index (χ4n) is 1.58. The summed E-state index contributed by atoms with van der Waals surface area (Å²) in [7, 11) is 0. The third-order valence-corrected chi connectivity index (χ3v) is 2.59. The van der Waals surface area contributed by atoms with Crippen molar-refractivity contribution in [2.75, 3.05) is 0 Å². The number of nitro groups is 1. The maximum absolute atomic E-state index is 11.8. The van der Waals surface area contributed by atoms with E-state index in [9.17, 15) is 14.9 Å². The van der Waals surface area contributed by atoms with Gasteiger partial charge in [0.1, 0.15) is 0 Å². The summed E-state index contributed by atoms with van der Waals surface area (Å²) in [4.78, 5) is 21.8. The van der Waals surface area contributed by atoms with Crippen molar-refractivity contribution in [3.63, 3.8) is 0 Å². The number of nitrogens with zero attached hydrogens (tertiary/aromatic N) is 1. The third kappa shape index (κ3) is 3.35. The highest BCUT2D eigenvalue weighted by Gasteiger charge is 2.06. The van der Waals surface area contributed by atoms with E-state index in [2.05, 4.69) is 0 Å². The lowest BCUT2D eigenvalue weighted by atomic mass is 10.1. The van der Waals surface area contributed by atoms with Crippen LogP contribution in [0.5, 0.6) is 0 Å². The van der Waals surface area contributed by atoms with Crippen LogP contribution in [-0.4, -0.2) is 10.7 Å². The quantitative estimate of drug-likeness (QED) is 0.362. The molecular weight excluding hydrogens is 242 g/mol. The second kappa shape index (κ2) is 5.73. The number of hydrogen-bond acceptors (Lipinski definition) is 3. The van der Waals surface area contributed by atoms with Gasteiger partial charge in [0.05, 0.1) is 4.92 Å². The van der Waals surface area contributed by atoms with Crippen LogP contribution in [0.3, 0.4) is 0 Å². The molecule has 0 saturated heterocycles. The largest absolute Gasteiger partial charge is 0.289 e. The highest BCUT2D eigenvalue weighted by atomic mass is 16.6. The number of hydrogen-bond donors (Lipinski definition) is 0. The maximum Gasteiger partial charge on any atom is 0.269 e. The van der Waals surface area contributed by atoms with Crippen molar-refractivity contribution in [1.82, 2.24) is 0 Å². The van der Waals surface area contributed by atoms with Gasteiger partial charge in [-0.15, -0.1) is 0 Å². The van der Waals surface area contributed by atoms with Crippen molar-refractivity contribution in [2.45, 2.75) is 0 Å². The second-order valence-corrected chi connectivity index (χ2v) is 3.91. The molecule has 0 bridgehead atoms. The molecule has 0 aliphatic carbocycles. The van der Waals surface area contributed by atoms with Crippen LogP contribution in [0.15, 0.2) is 60.7 Å². The van der Waals surface area contributed by atoms with Crippen LogP contribution >= 0.6 is 0 Å². The molecule has 94 valence electrons. The summed E-state index contributed by atoms with van der Waals surface area (Å²) < 4.78 is 0. The van der Waals surface area contributed by atoms with Gasteiger partial charge in [0, 0.05) is 17.7 Å². The van der Waals surface area contributed by atoms with E-state index in [1.165, 1.54) is 30.3 Å². The fraction of sp³-hybridized carbons (Fsp3) is 0. The molecule has 2 aromatic carbocycles. The summed E-state index contributed by atoms with van der Waals surface area (Å²) in [6.07, 6.45) is 3.17. The van der Waals surface area contributed by atoms with Crippen LogP contribution in [0.2, 0.25) is 0 Å². The normalized spacial score (nSPS) is 10.5. The maximum atomic E-state index is 11.8. The predicted molar refractivity (Wildman–Crippen MR) is 72.9 cm³/mol. The molecule has 0 aromatic heterocycles. The Kier molecular flexibility index (Phi) is 3.83. The van der Waals surface area contributed by atoms with Gasteiger partial charge < -0.3 is 0 Å². The highest BCUT2D eigenvalue weighted by Crippen LogP contribution is 2.13. The molecule has 4 heteroatoms. The lowest BCUT2D eigenvalue weighted by molar-refractivity contribution is -0.384. The first kappa shape index (κ1) is 12.7. The van der Waals surface area contributed by atoms with Gasteiger partial charge in [-0.25, -0.2) is 0 Å². The van der Waals surface area contributed by atoms with Crippen LogP contribution in [0.4, 0.5) is 5.69 Å². The summed E-state index contributed by atoms with van der Waals surface area (Å²) in [5.74, 6) is -0.182. The molecule has 0 spiro atoms. The van der Waals surface area contributed by atoms with E-state index in [1.807, 2.05) is 30.3 Å². The van der Waals surface area contributed by atoms with E-state index in [4.69, 9.17) is 0 Å². The first-order chi connectivity index (χ1) is 9.16. The molecular formula is C15H11NO3. The van der Waals surface area contributed by atoms with E-state index >= 15 is 0 Å². The minimum absolute atomic E-state index is 0.0245. The molecule has 0 atom stereocenters. The molecule has 0 heterocycles. The second-order valence-electron chi connectivity index (χ2n) is 3.91. The summed E-state index contributed by atoms with van der Waals surface area (Å²) in [5, 5.41) is 10.5. The summed E-state index contributed by atoms with van der Waals surface area (Å²) in [6.45, 7) is 0. The van der Waals surface area contributed by atoms with Gasteiger partial charge in [-0.3, -0.25) is 14.9 Å². The number of ketones is 1. The smallest absolute Gasteiger partial charge is 0.269 e. The van der Waals surface area contributed by atoms with Gasteiger partial charge in [0.15, 0.2) is 5.78 Å². The average Bonchev–Trinajstić information content (AvgIpc) is 2.46. The Morgan fingerprint density at radius 2 is 1.63 bits per heavy atom. The molecule has 0 fully saturated rings. The number of nitro benzene ring substituents is 1. The zero-order chi connectivity index (χ0) is 13.7. The van der Waals surface area contributed by atoms with E-state index in [-0.39, 0.29) is 11.5 Å². The van der Waals surface area contributed by atoms with Crippen molar-refractivity contribution in [3.8, 4) is 0 Å². The third-order valence-electron chi connectivity index (χ3n) is 2.59. The fourth-order valence-corrected chi connectivity index (χ4v) is 1.58. The minimum Gasteiger partial charge on any atom is -0.289 e. The van der Waals surface area contributed by atoms with Crippen molar-refractivity contribution in [1.29, 1.82) is 0 Å². The van der Waals surface area contributed by atoms with E-state index < -0.39 is 4.92 Å². The van der Waals surface area contributed by atoms with Crippen molar-refractivity contribution in [2.24, 2.45) is 0 Å². The van der Waals surface area contributed by atoms with Crippen LogP contribution in [-0.2, 0) is 0 Å². The Morgan fingerprint density at radius 1 is 1.00 bits per heavy atom. The minimum atomic E-state index is -0.492. The van der Waals surface area contributed by atoms with Crippen molar-refractivity contribution >= 4 is 17.5 Å². The van der Waals surface area contributed by atoms with Gasteiger partial charge in [0.2, 0.25) is 0 Å². The van der Waals surface area contributed by atoms with Gasteiger partial charge >= 0.3 is 0 Å². The van der Waals surface area contributed by atoms with E-state index in [0.29, 0.717) is 5.56 Å². The zero-order valence-corrected chi connectivity index (χ0v) is 10.0. The van der Waals surface area contributed by atoms with Gasteiger partial charge in [-0.2, -0.15) is 0 Å². The Labute approximate surface area is 110 Å². The molecule has 0 unspecified atom stereocenters. The number of carbonyl (C=O) groups excluding carboxylic acids is 1. The number of carbonyl (C=O) groups is 1. The standard InChI is InChI=1S/C15H11NO3/c17-15(11-6-12-4-2-1-3-5-12)13-7-9-14(10-8-13)16(18)19/h1-11H/b11-6+. The first-order valence-electron chi connectivity index (χ1n) is 5.69. The van der Waals surface area contributed by atoms with Crippen LogP contribution in [0, 0.1) is 10.1 Å². The molecule has 4 nitrogen and oxygen atoms in total. The first-order valence-corrected chi connectivity index (χ1v) is 5.69. The van der Waals surface area contributed by atoms with Gasteiger partial charge in [-0.1, -0.05) is 36.4 Å². The Bertz CT molecular complexity index is 616. The van der Waals surface area contributed by atoms with Crippen LogP contribution in [0.1, 0.15) is 15.9 Å². The van der Waals surface area contributed by atoms with Crippen LogP contribution < -0.4 is 0 Å². The molecule has 0 radical (unpaired) electrons. The lowest BCUT2D eigenvalue weighted by Crippen LogP contribution is -1.95. The molecule has 2 aromatic rings. The average molecular weight is 253 g/mol. The molecule has 19 heavy (non-hydrogen) atoms. The van der Waals surface area contributed by atoms with E-state index in [1.54, 1.807) is 6.08 Å². The van der Waals surface area contributed by atoms with Crippen molar-refractivity contribution < 1.29 is 9.72 Å². The van der Waals surface area contributed by atoms with Gasteiger partial charge in [-0.05, 0) is 23.8 Å². The number of allylic oxidation sites excluding steroid dienone is 1. The summed E-state index contributed by atoms with van der Waals surface area (Å²) in [5.41, 5.74) is 1.33. The van der Waals surface area contributed by atoms with Gasteiger partial charge in [0.25, 0.3) is 5.69 Å². The molecule has 0 aliphatic heterocycles. The van der Waals surface area contributed by atoms with Crippen molar-refractivity contribution in [3.05, 3.63) is 81.9 Å². The Hall–Kier alpha value is -2.75. The monoisotopic (exact) mass is 253 g/mol. The van der Waals surface area contributed by atoms with E-state index in [0.717, 1.165) is 5.56 Å². The summed E-state index contributed by atoms with van der Waals surface area (Å²) >= 11 is 0. The molecule has 0 saturated carbocycles. The Balaban J connectivity index is 2.12. The molecule has 0 N–H and O–H groups in total. The molecule has 2 rings (SSSR count). The topological polar surface area (TPSA) is 60.2 Å². The number of non-ortho nitro benzene ring substituents is 1. The SMILES string of the molecule is O=C(/C=C/c1ccccc1)c1ccc([N+](=O)[O-])cc1. The highest BCUT2D eigenvalue weighted by molar-refractivity contribution is 6.06. The number of rotatable bonds is 4. The molecule has 0 amide bonds. The molecule has 0 aliphatic rings. The lowest BCUT2D eigenvalue weighted by Gasteiger charge is -1.96. The number of benzene rings is 2. The summed E-state index contributed by atoms with van der Waals surface area (Å²) in [6, 6.07) is 15.0. The zero-order valence-electron chi connectivity index (χ0n) is 10.0. The Morgan fingerprint density at radius 3 is 2.21 bits per heavy atom. The van der Waals surface area contributed by atoms with Crippen LogP contribution in [0.25, 0.3) is 6.08 Å².